The molecule has 0 fully saturated rings. The van der Waals surface area contributed by atoms with Crippen LogP contribution in [0.25, 0.3) is 6.08 Å². The Morgan fingerprint density at radius 1 is 1.19 bits per heavy atom. The lowest BCUT2D eigenvalue weighted by molar-refractivity contribution is -0.131. The van der Waals surface area contributed by atoms with Gasteiger partial charge in [0.2, 0.25) is 0 Å². The standard InChI is InChI=1S/C16H15NO4/c1-20-14-6-2-12(3-7-14)11-21-15-8-4-13(17-10-15)5-9-16(18)19/h2-10H,11H2,1H3,(H,18,19). The second-order valence-corrected chi connectivity index (χ2v) is 4.23. The Labute approximate surface area is 122 Å². The van der Waals surface area contributed by atoms with Gasteiger partial charge in [-0.2, -0.15) is 0 Å². The highest BCUT2D eigenvalue weighted by atomic mass is 16.5. The fourth-order valence-corrected chi connectivity index (χ4v) is 1.62. The van der Waals surface area contributed by atoms with Gasteiger partial charge in [0.15, 0.2) is 0 Å². The van der Waals surface area contributed by atoms with Gasteiger partial charge in [0.1, 0.15) is 18.1 Å². The van der Waals surface area contributed by atoms with E-state index in [9.17, 15) is 4.79 Å². The van der Waals surface area contributed by atoms with Crippen molar-refractivity contribution in [1.82, 2.24) is 4.98 Å². The van der Waals surface area contributed by atoms with E-state index in [0.717, 1.165) is 17.4 Å². The van der Waals surface area contributed by atoms with E-state index >= 15 is 0 Å². The normalized spacial score (nSPS) is 10.5. The second kappa shape index (κ2) is 7.09. The maximum atomic E-state index is 10.4. The number of aromatic nitrogens is 1. The number of methoxy groups -OCH3 is 1. The predicted molar refractivity (Wildman–Crippen MR) is 78.2 cm³/mol. The SMILES string of the molecule is COc1ccc(COc2ccc(C=CC(=O)O)nc2)cc1. The third-order valence-electron chi connectivity index (χ3n) is 2.72. The molecule has 0 aliphatic rings. The first kappa shape index (κ1) is 14.6. The molecular weight excluding hydrogens is 270 g/mol. The smallest absolute Gasteiger partial charge is 0.328 e. The van der Waals surface area contributed by atoms with Gasteiger partial charge in [0, 0.05) is 6.08 Å². The Morgan fingerprint density at radius 2 is 1.90 bits per heavy atom. The van der Waals surface area contributed by atoms with Crippen molar-refractivity contribution >= 4 is 12.0 Å². The van der Waals surface area contributed by atoms with Crippen LogP contribution in [0.4, 0.5) is 0 Å². The number of benzene rings is 1. The van der Waals surface area contributed by atoms with Gasteiger partial charge in [-0.1, -0.05) is 12.1 Å². The molecule has 0 unspecified atom stereocenters. The van der Waals surface area contributed by atoms with E-state index in [2.05, 4.69) is 4.98 Å². The lowest BCUT2D eigenvalue weighted by atomic mass is 10.2. The summed E-state index contributed by atoms with van der Waals surface area (Å²) in [6.45, 7) is 0.427. The van der Waals surface area contributed by atoms with Crippen LogP contribution in [0.15, 0.2) is 48.7 Å². The quantitative estimate of drug-likeness (QED) is 0.826. The van der Waals surface area contributed by atoms with Gasteiger partial charge in [0.05, 0.1) is 19.0 Å². The van der Waals surface area contributed by atoms with Gasteiger partial charge in [-0.3, -0.25) is 4.98 Å². The van der Waals surface area contributed by atoms with Gasteiger partial charge < -0.3 is 14.6 Å². The molecule has 1 heterocycles. The van der Waals surface area contributed by atoms with Crippen LogP contribution in [0.1, 0.15) is 11.3 Å². The zero-order valence-electron chi connectivity index (χ0n) is 11.5. The molecule has 0 bridgehead atoms. The van der Waals surface area contributed by atoms with Crippen LogP contribution in [0.3, 0.4) is 0 Å². The van der Waals surface area contributed by atoms with E-state index in [-0.39, 0.29) is 0 Å². The molecule has 2 rings (SSSR count). The molecule has 5 heteroatoms. The third kappa shape index (κ3) is 4.65. The first-order chi connectivity index (χ1) is 10.2. The summed E-state index contributed by atoms with van der Waals surface area (Å²) in [6.07, 6.45) is 4.03. The van der Waals surface area contributed by atoms with E-state index in [4.69, 9.17) is 14.6 Å². The van der Waals surface area contributed by atoms with Gasteiger partial charge >= 0.3 is 5.97 Å². The monoisotopic (exact) mass is 285 g/mol. The van der Waals surface area contributed by atoms with E-state index in [0.29, 0.717) is 18.1 Å². The van der Waals surface area contributed by atoms with Crippen LogP contribution in [-0.4, -0.2) is 23.2 Å². The molecule has 0 atom stereocenters. The summed E-state index contributed by atoms with van der Waals surface area (Å²) in [5.74, 6) is 0.421. The molecule has 0 saturated heterocycles. The molecule has 0 spiro atoms. The molecule has 108 valence electrons. The molecule has 0 aliphatic carbocycles. The van der Waals surface area contributed by atoms with Crippen molar-refractivity contribution in [2.24, 2.45) is 0 Å². The number of aliphatic carboxylic acids is 1. The zero-order valence-corrected chi connectivity index (χ0v) is 11.5. The molecule has 5 nitrogen and oxygen atoms in total. The maximum absolute atomic E-state index is 10.4. The maximum Gasteiger partial charge on any atom is 0.328 e. The van der Waals surface area contributed by atoms with Crippen LogP contribution < -0.4 is 9.47 Å². The molecule has 0 saturated carbocycles. The minimum absolute atomic E-state index is 0.427. The number of carbonyl (C=O) groups is 1. The zero-order chi connectivity index (χ0) is 15.1. The molecule has 1 N–H and O–H groups in total. The summed E-state index contributed by atoms with van der Waals surface area (Å²) in [5, 5.41) is 8.53. The molecule has 0 amide bonds. The van der Waals surface area contributed by atoms with Gasteiger partial charge in [-0.05, 0) is 35.9 Å². The van der Waals surface area contributed by atoms with Gasteiger partial charge in [0.25, 0.3) is 0 Å². The van der Waals surface area contributed by atoms with Crippen LogP contribution in [-0.2, 0) is 11.4 Å². The Morgan fingerprint density at radius 3 is 2.48 bits per heavy atom. The lowest BCUT2D eigenvalue weighted by Crippen LogP contribution is -1.96. The minimum Gasteiger partial charge on any atom is -0.497 e. The molecule has 0 aliphatic heterocycles. The first-order valence-electron chi connectivity index (χ1n) is 6.30. The van der Waals surface area contributed by atoms with E-state index < -0.39 is 5.97 Å². The molecule has 21 heavy (non-hydrogen) atoms. The summed E-state index contributed by atoms with van der Waals surface area (Å²) in [6, 6.07) is 11.0. The molecule has 0 radical (unpaired) electrons. The van der Waals surface area contributed by atoms with E-state index in [1.54, 1.807) is 25.4 Å². The Kier molecular flexibility index (Phi) is 4.93. The average molecular weight is 285 g/mol. The number of nitrogens with zero attached hydrogens (tertiary/aromatic N) is 1. The summed E-state index contributed by atoms with van der Waals surface area (Å²) >= 11 is 0. The van der Waals surface area contributed by atoms with Crippen molar-refractivity contribution in [2.75, 3.05) is 7.11 Å². The summed E-state index contributed by atoms with van der Waals surface area (Å²) < 4.78 is 10.7. The number of ether oxygens (including phenoxy) is 2. The highest BCUT2D eigenvalue weighted by Crippen LogP contribution is 2.15. The van der Waals surface area contributed by atoms with Gasteiger partial charge in [-0.25, -0.2) is 4.79 Å². The lowest BCUT2D eigenvalue weighted by Gasteiger charge is -2.07. The number of carboxylic acids is 1. The number of pyridine rings is 1. The highest BCUT2D eigenvalue weighted by Gasteiger charge is 1.98. The van der Waals surface area contributed by atoms with Crippen molar-refractivity contribution in [3.05, 3.63) is 59.9 Å². The number of rotatable bonds is 6. The van der Waals surface area contributed by atoms with Crippen molar-refractivity contribution in [3.8, 4) is 11.5 Å². The van der Waals surface area contributed by atoms with Crippen molar-refractivity contribution in [3.63, 3.8) is 0 Å². The van der Waals surface area contributed by atoms with E-state index in [1.807, 2.05) is 24.3 Å². The van der Waals surface area contributed by atoms with Crippen molar-refractivity contribution in [1.29, 1.82) is 0 Å². The average Bonchev–Trinajstić information content (AvgIpc) is 2.52. The fourth-order valence-electron chi connectivity index (χ4n) is 1.62. The predicted octanol–water partition coefficient (Wildman–Crippen LogP) is 2.77. The highest BCUT2D eigenvalue weighted by molar-refractivity contribution is 5.84. The van der Waals surface area contributed by atoms with Crippen LogP contribution in [0.2, 0.25) is 0 Å². The second-order valence-electron chi connectivity index (χ2n) is 4.23. The van der Waals surface area contributed by atoms with Crippen LogP contribution in [0.5, 0.6) is 11.5 Å². The Balaban J connectivity index is 1.92. The summed E-state index contributed by atoms with van der Waals surface area (Å²) in [7, 11) is 1.62. The summed E-state index contributed by atoms with van der Waals surface area (Å²) in [5.41, 5.74) is 1.58. The molecule has 1 aromatic heterocycles. The summed E-state index contributed by atoms with van der Waals surface area (Å²) in [4.78, 5) is 14.5. The topological polar surface area (TPSA) is 68.7 Å². The van der Waals surface area contributed by atoms with E-state index in [1.165, 1.54) is 6.08 Å². The first-order valence-corrected chi connectivity index (χ1v) is 6.30. The van der Waals surface area contributed by atoms with Crippen LogP contribution >= 0.6 is 0 Å². The number of hydrogen-bond donors (Lipinski definition) is 1. The largest absolute Gasteiger partial charge is 0.497 e. The van der Waals surface area contributed by atoms with Gasteiger partial charge in [-0.15, -0.1) is 0 Å². The Bertz CT molecular complexity index is 618. The van der Waals surface area contributed by atoms with Crippen molar-refractivity contribution < 1.29 is 19.4 Å². The molecular formula is C16H15NO4. The number of hydrogen-bond acceptors (Lipinski definition) is 4. The number of carboxylic acid groups (broad SMARTS) is 1. The Hall–Kier alpha value is -2.82. The van der Waals surface area contributed by atoms with Crippen molar-refractivity contribution in [2.45, 2.75) is 6.61 Å². The third-order valence-corrected chi connectivity index (χ3v) is 2.72. The fraction of sp³-hybridized carbons (Fsp3) is 0.125. The minimum atomic E-state index is -1.00. The molecule has 2 aromatic rings. The van der Waals surface area contributed by atoms with Crippen LogP contribution in [0, 0.1) is 0 Å². The molecule has 1 aromatic carbocycles.